The molecule has 0 radical (unpaired) electrons. The van der Waals surface area contributed by atoms with Gasteiger partial charge in [-0.3, -0.25) is 4.99 Å². The summed E-state index contributed by atoms with van der Waals surface area (Å²) in [6, 6.07) is -0.0266. The van der Waals surface area contributed by atoms with Crippen molar-refractivity contribution in [3.8, 4) is 0 Å². The Bertz CT molecular complexity index is 662. The number of rotatable bonds is 7. The molecule has 1 saturated carbocycles. The molecule has 0 aromatic heterocycles. The fourth-order valence-electron chi connectivity index (χ4n) is 3.19. The number of ether oxygens (including phenoxy) is 1. The second kappa shape index (κ2) is 11.5. The molecule has 2 fully saturated rings. The number of guanidine groups is 1. The molecule has 1 aliphatic heterocycles. The first-order valence-corrected chi connectivity index (χ1v) is 11.7. The van der Waals surface area contributed by atoms with E-state index in [9.17, 15) is 13.2 Å². The van der Waals surface area contributed by atoms with Gasteiger partial charge in [0.25, 0.3) is 0 Å². The summed E-state index contributed by atoms with van der Waals surface area (Å²) in [5.74, 6) is 1.14. The molecule has 2 aliphatic rings. The van der Waals surface area contributed by atoms with Crippen molar-refractivity contribution in [2.75, 3.05) is 39.0 Å². The minimum Gasteiger partial charge on any atom is -0.444 e. The molecule has 1 aliphatic carbocycles. The van der Waals surface area contributed by atoms with Crippen LogP contribution in [0.2, 0.25) is 0 Å². The molecule has 0 spiro atoms. The predicted molar refractivity (Wildman–Crippen MR) is 125 cm³/mol. The van der Waals surface area contributed by atoms with Crippen LogP contribution in [0.5, 0.6) is 0 Å². The van der Waals surface area contributed by atoms with Gasteiger partial charge in [-0.2, -0.15) is 0 Å². The summed E-state index contributed by atoms with van der Waals surface area (Å²) in [5, 5.41) is 5.98. The predicted octanol–water partition coefficient (Wildman–Crippen LogP) is 1.50. The fourth-order valence-corrected chi connectivity index (χ4v) is 4.19. The zero-order valence-electron chi connectivity index (χ0n) is 17.9. The van der Waals surface area contributed by atoms with Crippen molar-refractivity contribution in [3.05, 3.63) is 0 Å². The molecule has 11 heteroatoms. The van der Waals surface area contributed by atoms with Crippen LogP contribution in [0.1, 0.15) is 46.5 Å². The summed E-state index contributed by atoms with van der Waals surface area (Å²) in [5.41, 5.74) is -0.530. The van der Waals surface area contributed by atoms with E-state index < -0.39 is 21.7 Å². The highest BCUT2D eigenvalue weighted by atomic mass is 127. The standard InChI is InChI=1S/C18H35N5O4S.HI/c1-18(2,3)27-17(24)22-15-8-10-23(13-15)16(19-4)20-9-11-28(25,26)21-12-14-6-5-7-14;/h14-15,21H,5-13H2,1-4H3,(H,19,20)(H,22,24);1H. The van der Waals surface area contributed by atoms with Crippen LogP contribution in [0.25, 0.3) is 0 Å². The largest absolute Gasteiger partial charge is 0.444 e. The summed E-state index contributed by atoms with van der Waals surface area (Å²) < 4.78 is 32.1. The Morgan fingerprint density at radius 2 is 1.93 bits per heavy atom. The second-order valence-corrected chi connectivity index (χ2v) is 10.4. The molecular weight excluding hydrogens is 509 g/mol. The number of nitrogens with one attached hydrogen (secondary N) is 3. The maximum absolute atomic E-state index is 12.1. The Morgan fingerprint density at radius 3 is 2.48 bits per heavy atom. The van der Waals surface area contributed by atoms with E-state index in [1.165, 1.54) is 6.42 Å². The molecular formula is C18H36IN5O4S. The normalized spacial score (nSPS) is 20.6. The van der Waals surface area contributed by atoms with Gasteiger partial charge in [-0.15, -0.1) is 24.0 Å². The first-order valence-electron chi connectivity index (χ1n) is 10.0. The van der Waals surface area contributed by atoms with Gasteiger partial charge in [0, 0.05) is 33.2 Å². The summed E-state index contributed by atoms with van der Waals surface area (Å²) in [6.45, 7) is 7.64. The molecule has 1 unspecified atom stereocenters. The second-order valence-electron chi connectivity index (χ2n) is 8.52. The van der Waals surface area contributed by atoms with Crippen LogP contribution >= 0.6 is 24.0 Å². The first-order chi connectivity index (χ1) is 13.1. The van der Waals surface area contributed by atoms with Crippen molar-refractivity contribution < 1.29 is 17.9 Å². The zero-order chi connectivity index (χ0) is 20.8. The lowest BCUT2D eigenvalue weighted by molar-refractivity contribution is 0.0507. The molecule has 0 aromatic carbocycles. The average Bonchev–Trinajstić information content (AvgIpc) is 2.96. The maximum Gasteiger partial charge on any atom is 0.407 e. The van der Waals surface area contributed by atoms with Crippen LogP contribution in [-0.2, 0) is 14.8 Å². The van der Waals surface area contributed by atoms with E-state index in [1.54, 1.807) is 7.05 Å². The Hall–Kier alpha value is -0.820. The molecule has 2 rings (SSSR count). The van der Waals surface area contributed by atoms with E-state index in [0.29, 0.717) is 25.0 Å². The summed E-state index contributed by atoms with van der Waals surface area (Å²) in [7, 11) is -1.62. The minimum absolute atomic E-state index is 0. The quantitative estimate of drug-likeness (QED) is 0.254. The molecule has 9 nitrogen and oxygen atoms in total. The average molecular weight is 545 g/mol. The number of alkyl carbamates (subject to hydrolysis) is 1. The third-order valence-electron chi connectivity index (χ3n) is 4.89. The van der Waals surface area contributed by atoms with Gasteiger partial charge in [0.05, 0.1) is 11.8 Å². The van der Waals surface area contributed by atoms with Crippen LogP contribution in [-0.4, -0.2) is 76.0 Å². The number of carbonyl (C=O) groups is 1. The molecule has 0 bridgehead atoms. The van der Waals surface area contributed by atoms with E-state index >= 15 is 0 Å². The Kier molecular flexibility index (Phi) is 10.4. The van der Waals surface area contributed by atoms with Crippen molar-refractivity contribution in [2.24, 2.45) is 10.9 Å². The van der Waals surface area contributed by atoms with Gasteiger partial charge in [0.15, 0.2) is 5.96 Å². The Balaban J connectivity index is 0.00000420. The van der Waals surface area contributed by atoms with Crippen molar-refractivity contribution in [1.29, 1.82) is 0 Å². The van der Waals surface area contributed by atoms with E-state index in [0.717, 1.165) is 25.8 Å². The number of likely N-dealkylation sites (tertiary alicyclic amines) is 1. The van der Waals surface area contributed by atoms with E-state index in [-0.39, 0.29) is 42.3 Å². The number of hydrogen-bond donors (Lipinski definition) is 3. The van der Waals surface area contributed by atoms with Gasteiger partial charge in [0.1, 0.15) is 5.60 Å². The van der Waals surface area contributed by atoms with Gasteiger partial charge in [-0.1, -0.05) is 6.42 Å². The van der Waals surface area contributed by atoms with Crippen LogP contribution in [0.4, 0.5) is 4.79 Å². The summed E-state index contributed by atoms with van der Waals surface area (Å²) >= 11 is 0. The minimum atomic E-state index is -3.28. The fraction of sp³-hybridized carbons (Fsp3) is 0.889. The number of hydrogen-bond acceptors (Lipinski definition) is 5. The smallest absolute Gasteiger partial charge is 0.407 e. The highest BCUT2D eigenvalue weighted by molar-refractivity contribution is 14.0. The molecule has 1 amide bonds. The van der Waals surface area contributed by atoms with Gasteiger partial charge in [-0.25, -0.2) is 17.9 Å². The van der Waals surface area contributed by atoms with Gasteiger partial charge < -0.3 is 20.3 Å². The van der Waals surface area contributed by atoms with E-state index in [4.69, 9.17) is 4.74 Å². The molecule has 3 N–H and O–H groups in total. The summed E-state index contributed by atoms with van der Waals surface area (Å²) in [6.07, 6.45) is 3.78. The number of sulfonamides is 1. The molecule has 170 valence electrons. The van der Waals surface area contributed by atoms with Crippen molar-refractivity contribution in [1.82, 2.24) is 20.3 Å². The lowest BCUT2D eigenvalue weighted by atomic mass is 9.86. The highest BCUT2D eigenvalue weighted by Crippen LogP contribution is 2.25. The van der Waals surface area contributed by atoms with E-state index in [1.807, 2.05) is 25.7 Å². The topological polar surface area (TPSA) is 112 Å². The van der Waals surface area contributed by atoms with Gasteiger partial charge in [0.2, 0.25) is 10.0 Å². The van der Waals surface area contributed by atoms with E-state index in [2.05, 4.69) is 20.3 Å². The summed E-state index contributed by atoms with van der Waals surface area (Å²) in [4.78, 5) is 18.1. The number of halogens is 1. The number of nitrogens with zero attached hydrogens (tertiary/aromatic N) is 2. The van der Waals surface area contributed by atoms with Crippen molar-refractivity contribution in [3.63, 3.8) is 0 Å². The molecule has 1 atom stereocenters. The molecule has 29 heavy (non-hydrogen) atoms. The third-order valence-corrected chi connectivity index (χ3v) is 6.24. The van der Waals surface area contributed by atoms with Crippen molar-refractivity contribution >= 4 is 46.1 Å². The van der Waals surface area contributed by atoms with Crippen LogP contribution < -0.4 is 15.4 Å². The maximum atomic E-state index is 12.1. The first kappa shape index (κ1) is 26.2. The third kappa shape index (κ3) is 9.69. The molecule has 1 heterocycles. The van der Waals surface area contributed by atoms with Crippen LogP contribution in [0.15, 0.2) is 4.99 Å². The molecule has 1 saturated heterocycles. The zero-order valence-corrected chi connectivity index (χ0v) is 21.0. The Morgan fingerprint density at radius 1 is 1.24 bits per heavy atom. The lowest BCUT2D eigenvalue weighted by Gasteiger charge is -2.25. The number of amides is 1. The van der Waals surface area contributed by atoms with Crippen LogP contribution in [0.3, 0.4) is 0 Å². The number of aliphatic imine (C=N–C) groups is 1. The monoisotopic (exact) mass is 545 g/mol. The number of carbonyl (C=O) groups excluding carboxylic acids is 1. The van der Waals surface area contributed by atoms with Gasteiger partial charge >= 0.3 is 6.09 Å². The van der Waals surface area contributed by atoms with Gasteiger partial charge in [-0.05, 0) is 46.0 Å². The highest BCUT2D eigenvalue weighted by Gasteiger charge is 2.28. The SMILES string of the molecule is CN=C(NCCS(=O)(=O)NCC1CCC1)N1CCC(NC(=O)OC(C)(C)C)C1.I. The van der Waals surface area contributed by atoms with Crippen molar-refractivity contribution in [2.45, 2.75) is 58.1 Å². The lowest BCUT2D eigenvalue weighted by Crippen LogP contribution is -2.45. The Labute approximate surface area is 191 Å². The molecule has 0 aromatic rings. The van der Waals surface area contributed by atoms with Crippen LogP contribution in [0, 0.1) is 5.92 Å².